The van der Waals surface area contributed by atoms with Crippen LogP contribution >= 0.6 is 0 Å². The predicted molar refractivity (Wildman–Crippen MR) is 65.3 cm³/mol. The van der Waals surface area contributed by atoms with Crippen LogP contribution in [0.25, 0.3) is 0 Å². The number of benzene rings is 1. The number of rotatable bonds is 3. The van der Waals surface area contributed by atoms with Gasteiger partial charge < -0.3 is 16.0 Å². The van der Waals surface area contributed by atoms with Crippen molar-refractivity contribution in [1.82, 2.24) is 4.90 Å². The Morgan fingerprint density at radius 1 is 1.47 bits per heavy atom. The fourth-order valence-electron chi connectivity index (χ4n) is 2.17. The van der Waals surface area contributed by atoms with Crippen molar-refractivity contribution in [2.75, 3.05) is 31.2 Å². The third-order valence-corrected chi connectivity index (χ3v) is 3.06. The van der Waals surface area contributed by atoms with Gasteiger partial charge in [0.05, 0.1) is 0 Å². The molecular weight excluding hydrogens is 224 g/mol. The Labute approximate surface area is 99.6 Å². The number of alkyl halides is 2. The first-order chi connectivity index (χ1) is 8.06. The molecule has 3 nitrogen and oxygen atoms in total. The Morgan fingerprint density at radius 3 is 2.82 bits per heavy atom. The van der Waals surface area contributed by atoms with Crippen molar-refractivity contribution >= 4 is 11.4 Å². The first-order valence-corrected chi connectivity index (χ1v) is 5.69. The van der Waals surface area contributed by atoms with E-state index in [4.69, 9.17) is 5.73 Å². The topological polar surface area (TPSA) is 41.3 Å². The van der Waals surface area contributed by atoms with E-state index in [2.05, 4.69) is 10.2 Å². The maximum atomic E-state index is 12.9. The van der Waals surface area contributed by atoms with Gasteiger partial charge in [-0.05, 0) is 38.2 Å². The number of hydrogen-bond acceptors (Lipinski definition) is 3. The van der Waals surface area contributed by atoms with Crippen LogP contribution in [0.1, 0.15) is 18.4 Å². The first-order valence-electron chi connectivity index (χ1n) is 5.69. The van der Waals surface area contributed by atoms with Crippen molar-refractivity contribution in [3.63, 3.8) is 0 Å². The standard InChI is InChI=1S/C12H17F2N3/c1-17-5-4-9(7-17)16-11-3-2-8(15)6-10(11)12(13)14/h2-3,6,9,12,16H,4-5,7,15H2,1H3. The van der Waals surface area contributed by atoms with E-state index in [0.29, 0.717) is 11.4 Å². The van der Waals surface area contributed by atoms with Crippen molar-refractivity contribution in [1.29, 1.82) is 0 Å². The lowest BCUT2D eigenvalue weighted by atomic mass is 10.1. The zero-order valence-corrected chi connectivity index (χ0v) is 9.79. The molecule has 0 aromatic heterocycles. The molecule has 0 aliphatic carbocycles. The Kier molecular flexibility index (Phi) is 3.47. The van der Waals surface area contributed by atoms with E-state index in [1.165, 1.54) is 6.07 Å². The third-order valence-electron chi connectivity index (χ3n) is 3.06. The molecule has 0 bridgehead atoms. The molecule has 0 saturated carbocycles. The summed E-state index contributed by atoms with van der Waals surface area (Å²) in [5, 5.41) is 3.17. The minimum atomic E-state index is -2.50. The highest BCUT2D eigenvalue weighted by Gasteiger charge is 2.21. The summed E-state index contributed by atoms with van der Waals surface area (Å²) in [4.78, 5) is 2.18. The molecule has 1 unspecified atom stereocenters. The molecule has 2 rings (SSSR count). The number of likely N-dealkylation sites (tertiary alicyclic amines) is 1. The van der Waals surface area contributed by atoms with Crippen LogP contribution < -0.4 is 11.1 Å². The number of anilines is 2. The van der Waals surface area contributed by atoms with E-state index in [1.54, 1.807) is 12.1 Å². The zero-order chi connectivity index (χ0) is 12.4. The van der Waals surface area contributed by atoms with E-state index in [0.717, 1.165) is 19.5 Å². The molecule has 5 heteroatoms. The van der Waals surface area contributed by atoms with Crippen LogP contribution in [0.3, 0.4) is 0 Å². The van der Waals surface area contributed by atoms with E-state index in [1.807, 2.05) is 7.05 Å². The van der Waals surface area contributed by atoms with Gasteiger partial charge in [-0.15, -0.1) is 0 Å². The minimum Gasteiger partial charge on any atom is -0.399 e. The van der Waals surface area contributed by atoms with Gasteiger partial charge in [0.2, 0.25) is 0 Å². The van der Waals surface area contributed by atoms with Crippen molar-refractivity contribution in [2.24, 2.45) is 0 Å². The largest absolute Gasteiger partial charge is 0.399 e. The first kappa shape index (κ1) is 12.1. The molecule has 1 aliphatic heterocycles. The Morgan fingerprint density at radius 2 is 2.24 bits per heavy atom. The average Bonchev–Trinajstić information content (AvgIpc) is 2.66. The second-order valence-corrected chi connectivity index (χ2v) is 4.54. The normalized spacial score (nSPS) is 21.1. The van der Waals surface area contributed by atoms with Crippen LogP contribution in [-0.2, 0) is 0 Å². The molecule has 1 aliphatic rings. The summed E-state index contributed by atoms with van der Waals surface area (Å²) in [6.45, 7) is 1.88. The Bertz CT molecular complexity index is 395. The van der Waals surface area contributed by atoms with Crippen LogP contribution in [0, 0.1) is 0 Å². The van der Waals surface area contributed by atoms with Crippen molar-refractivity contribution < 1.29 is 8.78 Å². The van der Waals surface area contributed by atoms with Gasteiger partial charge in [-0.2, -0.15) is 0 Å². The molecule has 0 amide bonds. The third kappa shape index (κ3) is 2.85. The van der Waals surface area contributed by atoms with Crippen LogP contribution in [0.15, 0.2) is 18.2 Å². The Hall–Kier alpha value is -1.36. The van der Waals surface area contributed by atoms with Crippen LogP contribution in [0.5, 0.6) is 0 Å². The van der Waals surface area contributed by atoms with Gasteiger partial charge in [0.1, 0.15) is 0 Å². The molecule has 1 aromatic carbocycles. The fourth-order valence-corrected chi connectivity index (χ4v) is 2.17. The molecule has 1 saturated heterocycles. The minimum absolute atomic E-state index is 0.0143. The zero-order valence-electron chi connectivity index (χ0n) is 9.79. The highest BCUT2D eigenvalue weighted by molar-refractivity contribution is 5.59. The average molecular weight is 241 g/mol. The number of nitrogens with two attached hydrogens (primary N) is 1. The summed E-state index contributed by atoms with van der Waals surface area (Å²) < 4.78 is 25.7. The van der Waals surface area contributed by atoms with Gasteiger partial charge >= 0.3 is 0 Å². The second-order valence-electron chi connectivity index (χ2n) is 4.54. The Balaban J connectivity index is 2.14. The lowest BCUT2D eigenvalue weighted by Crippen LogP contribution is -2.24. The highest BCUT2D eigenvalue weighted by Crippen LogP contribution is 2.30. The number of hydrogen-bond donors (Lipinski definition) is 2. The van der Waals surface area contributed by atoms with Gasteiger partial charge in [0.25, 0.3) is 6.43 Å². The lowest BCUT2D eigenvalue weighted by Gasteiger charge is -2.17. The van der Waals surface area contributed by atoms with Crippen LogP contribution in [-0.4, -0.2) is 31.1 Å². The molecular formula is C12H17F2N3. The number of halogens is 2. The molecule has 94 valence electrons. The number of likely N-dealkylation sites (N-methyl/N-ethyl adjacent to an activating group) is 1. The van der Waals surface area contributed by atoms with Crippen molar-refractivity contribution in [3.05, 3.63) is 23.8 Å². The molecule has 1 heterocycles. The number of nitrogen functional groups attached to an aromatic ring is 1. The van der Waals surface area contributed by atoms with Crippen molar-refractivity contribution in [2.45, 2.75) is 18.9 Å². The highest BCUT2D eigenvalue weighted by atomic mass is 19.3. The summed E-state index contributed by atoms with van der Waals surface area (Å²) in [6, 6.07) is 4.86. The summed E-state index contributed by atoms with van der Waals surface area (Å²) in [7, 11) is 2.03. The summed E-state index contributed by atoms with van der Waals surface area (Å²) in [5.41, 5.74) is 6.38. The lowest BCUT2D eigenvalue weighted by molar-refractivity contribution is 0.152. The monoisotopic (exact) mass is 241 g/mol. The fraction of sp³-hybridized carbons (Fsp3) is 0.500. The molecule has 1 atom stereocenters. The van der Waals surface area contributed by atoms with E-state index < -0.39 is 6.43 Å². The van der Waals surface area contributed by atoms with Gasteiger partial charge in [-0.1, -0.05) is 0 Å². The summed E-state index contributed by atoms with van der Waals surface area (Å²) >= 11 is 0. The van der Waals surface area contributed by atoms with E-state index >= 15 is 0 Å². The SMILES string of the molecule is CN1CCC(Nc2ccc(N)cc2C(F)F)C1. The predicted octanol–water partition coefficient (Wildman–Crippen LogP) is 2.32. The maximum Gasteiger partial charge on any atom is 0.265 e. The van der Waals surface area contributed by atoms with Gasteiger partial charge in [0, 0.05) is 29.5 Å². The van der Waals surface area contributed by atoms with Gasteiger partial charge in [-0.25, -0.2) is 8.78 Å². The van der Waals surface area contributed by atoms with E-state index in [-0.39, 0.29) is 11.6 Å². The van der Waals surface area contributed by atoms with Crippen LogP contribution in [0.4, 0.5) is 20.2 Å². The second kappa shape index (κ2) is 4.87. The quantitative estimate of drug-likeness (QED) is 0.798. The van der Waals surface area contributed by atoms with E-state index in [9.17, 15) is 8.78 Å². The summed E-state index contributed by atoms with van der Waals surface area (Å²) in [5.74, 6) is 0. The van der Waals surface area contributed by atoms with Gasteiger partial charge in [-0.3, -0.25) is 0 Å². The molecule has 1 aromatic rings. The van der Waals surface area contributed by atoms with Gasteiger partial charge in [0.15, 0.2) is 0 Å². The molecule has 3 N–H and O–H groups in total. The molecule has 0 spiro atoms. The molecule has 17 heavy (non-hydrogen) atoms. The van der Waals surface area contributed by atoms with Crippen LogP contribution in [0.2, 0.25) is 0 Å². The maximum absolute atomic E-state index is 12.9. The van der Waals surface area contributed by atoms with Crippen molar-refractivity contribution in [3.8, 4) is 0 Å². The number of nitrogens with one attached hydrogen (secondary N) is 1. The molecule has 0 radical (unpaired) electrons. The number of nitrogens with zero attached hydrogens (tertiary/aromatic N) is 1. The molecule has 1 fully saturated rings. The smallest absolute Gasteiger partial charge is 0.265 e. The summed E-state index contributed by atoms with van der Waals surface area (Å²) in [6.07, 6.45) is -1.52.